The molecule has 9 heteroatoms. The molecule has 4 rings (SSSR count). The number of hydrogen-bond acceptors (Lipinski definition) is 7. The summed E-state index contributed by atoms with van der Waals surface area (Å²) < 4.78 is 43.5. The molecule has 0 unspecified atom stereocenters. The number of sulfone groups is 1. The zero-order valence-electron chi connectivity index (χ0n) is 18.7. The summed E-state index contributed by atoms with van der Waals surface area (Å²) in [4.78, 5) is 13.7. The van der Waals surface area contributed by atoms with Crippen molar-refractivity contribution in [1.29, 1.82) is 0 Å². The summed E-state index contributed by atoms with van der Waals surface area (Å²) in [5, 5.41) is 4.38. The largest absolute Gasteiger partial charge is 0.497 e. The van der Waals surface area contributed by atoms with Gasteiger partial charge in [0, 0.05) is 28.2 Å². The topological polar surface area (TPSA) is 90.9 Å². The van der Waals surface area contributed by atoms with Gasteiger partial charge in [-0.3, -0.25) is 4.79 Å². The first-order chi connectivity index (χ1) is 15.8. The average Bonchev–Trinajstić information content (AvgIpc) is 3.23. The molecule has 0 saturated heterocycles. The van der Waals surface area contributed by atoms with E-state index in [1.807, 2.05) is 26.0 Å². The normalized spacial score (nSPS) is 15.7. The Morgan fingerprint density at radius 3 is 2.42 bits per heavy atom. The van der Waals surface area contributed by atoms with Gasteiger partial charge >= 0.3 is 0 Å². The van der Waals surface area contributed by atoms with Crippen LogP contribution in [-0.4, -0.2) is 34.6 Å². The van der Waals surface area contributed by atoms with E-state index in [1.54, 1.807) is 30.7 Å². The number of carbonyl (C=O) groups is 1. The molecule has 2 heterocycles. The molecule has 0 bridgehead atoms. The Balaban J connectivity index is 1.82. The van der Waals surface area contributed by atoms with Crippen LogP contribution in [0.15, 0.2) is 57.6 Å². The standard InChI is InChI=1S/C24H25NO6S2/c1-14(2)31-23-17(6-5-7-19(23)30-4)18-12-21(26)25-22-20(13-32-24(18)22)33(27,28)16-10-8-15(29-3)9-11-16/h5-11,13-14,18H,12H2,1-4H3,(H,25,26)/t18-/m1/s1. The zero-order valence-corrected chi connectivity index (χ0v) is 20.4. The summed E-state index contributed by atoms with van der Waals surface area (Å²) in [6, 6.07) is 11.7. The molecule has 1 aliphatic rings. The monoisotopic (exact) mass is 487 g/mol. The van der Waals surface area contributed by atoms with Gasteiger partial charge in [0.25, 0.3) is 0 Å². The van der Waals surface area contributed by atoms with Crippen molar-refractivity contribution in [2.75, 3.05) is 19.5 Å². The van der Waals surface area contributed by atoms with E-state index in [2.05, 4.69) is 5.32 Å². The van der Waals surface area contributed by atoms with Crippen molar-refractivity contribution in [1.82, 2.24) is 0 Å². The summed E-state index contributed by atoms with van der Waals surface area (Å²) in [5.41, 5.74) is 1.12. The van der Waals surface area contributed by atoms with E-state index >= 15 is 0 Å². The van der Waals surface area contributed by atoms with Gasteiger partial charge < -0.3 is 19.5 Å². The van der Waals surface area contributed by atoms with Crippen LogP contribution in [0.2, 0.25) is 0 Å². The number of amides is 1. The van der Waals surface area contributed by atoms with Gasteiger partial charge in [-0.2, -0.15) is 0 Å². The fraction of sp³-hybridized carbons (Fsp3) is 0.292. The molecular weight excluding hydrogens is 462 g/mol. The Labute approximate surface area is 197 Å². The summed E-state index contributed by atoms with van der Waals surface area (Å²) in [6.07, 6.45) is 0.0724. The van der Waals surface area contributed by atoms with E-state index in [0.29, 0.717) is 22.9 Å². The molecule has 3 aromatic rings. The molecule has 2 aromatic carbocycles. The lowest BCUT2D eigenvalue weighted by Gasteiger charge is -2.27. The Hall–Kier alpha value is -3.04. The van der Waals surface area contributed by atoms with Crippen LogP contribution in [0.1, 0.15) is 36.6 Å². The first-order valence-electron chi connectivity index (χ1n) is 10.4. The maximum atomic E-state index is 13.4. The van der Waals surface area contributed by atoms with Crippen molar-refractivity contribution >= 4 is 32.8 Å². The molecule has 1 aliphatic heterocycles. The van der Waals surface area contributed by atoms with Gasteiger partial charge in [0.15, 0.2) is 11.5 Å². The first kappa shape index (κ1) is 23.1. The summed E-state index contributed by atoms with van der Waals surface area (Å²) in [6.45, 7) is 3.83. The molecule has 33 heavy (non-hydrogen) atoms. The second kappa shape index (κ2) is 9.07. The van der Waals surface area contributed by atoms with E-state index in [9.17, 15) is 13.2 Å². The van der Waals surface area contributed by atoms with Crippen molar-refractivity contribution in [2.24, 2.45) is 0 Å². The van der Waals surface area contributed by atoms with Crippen LogP contribution >= 0.6 is 11.3 Å². The number of methoxy groups -OCH3 is 2. The predicted octanol–water partition coefficient (Wildman–Crippen LogP) is 4.86. The average molecular weight is 488 g/mol. The lowest BCUT2D eigenvalue weighted by atomic mass is 9.89. The van der Waals surface area contributed by atoms with Gasteiger partial charge in [-0.25, -0.2) is 8.42 Å². The third kappa shape index (κ3) is 4.30. The number of nitrogens with one attached hydrogen (secondary N) is 1. The second-order valence-electron chi connectivity index (χ2n) is 7.87. The molecule has 0 spiro atoms. The van der Waals surface area contributed by atoms with Crippen LogP contribution in [0.3, 0.4) is 0 Å². The number of carbonyl (C=O) groups excluding carboxylic acids is 1. The van der Waals surface area contributed by atoms with E-state index in [0.717, 1.165) is 10.4 Å². The summed E-state index contributed by atoms with van der Waals surface area (Å²) >= 11 is 1.31. The highest BCUT2D eigenvalue weighted by Gasteiger charge is 2.36. The number of rotatable bonds is 7. The van der Waals surface area contributed by atoms with E-state index in [1.165, 1.54) is 30.6 Å². The quantitative estimate of drug-likeness (QED) is 0.512. The Bertz CT molecular complexity index is 1280. The molecule has 0 radical (unpaired) electrons. The fourth-order valence-corrected chi connectivity index (χ4v) is 6.76. The minimum absolute atomic E-state index is 0.0833. The Kier molecular flexibility index (Phi) is 6.36. The van der Waals surface area contributed by atoms with Gasteiger partial charge in [0.2, 0.25) is 15.7 Å². The molecular formula is C24H25NO6S2. The Morgan fingerprint density at radius 2 is 1.79 bits per heavy atom. The lowest BCUT2D eigenvalue weighted by Crippen LogP contribution is -2.24. The van der Waals surface area contributed by atoms with Crippen LogP contribution in [-0.2, 0) is 14.6 Å². The lowest BCUT2D eigenvalue weighted by molar-refractivity contribution is -0.116. The molecule has 174 valence electrons. The van der Waals surface area contributed by atoms with Gasteiger partial charge in [0.1, 0.15) is 10.6 Å². The van der Waals surface area contributed by atoms with Crippen molar-refractivity contribution in [3.05, 3.63) is 58.3 Å². The van der Waals surface area contributed by atoms with Gasteiger partial charge in [-0.05, 0) is 44.2 Å². The number of anilines is 1. The molecule has 1 N–H and O–H groups in total. The number of para-hydroxylation sites is 1. The van der Waals surface area contributed by atoms with Gasteiger partial charge in [-0.15, -0.1) is 11.3 Å². The zero-order chi connectivity index (χ0) is 23.8. The minimum Gasteiger partial charge on any atom is -0.497 e. The maximum Gasteiger partial charge on any atom is 0.225 e. The van der Waals surface area contributed by atoms with Crippen LogP contribution in [0.4, 0.5) is 5.69 Å². The molecule has 0 saturated carbocycles. The fourth-order valence-electron chi connectivity index (χ4n) is 3.86. The SMILES string of the molecule is COc1ccc(S(=O)(=O)c2csc3c2NC(=O)C[C@@H]3c2cccc(OC)c2OC(C)C)cc1. The molecule has 1 amide bonds. The highest BCUT2D eigenvalue weighted by molar-refractivity contribution is 7.91. The molecule has 0 fully saturated rings. The molecule has 0 aliphatic carbocycles. The van der Waals surface area contributed by atoms with Crippen LogP contribution in [0.25, 0.3) is 0 Å². The molecule has 1 atom stereocenters. The van der Waals surface area contributed by atoms with Crippen LogP contribution in [0.5, 0.6) is 17.2 Å². The van der Waals surface area contributed by atoms with E-state index in [4.69, 9.17) is 14.2 Å². The summed E-state index contributed by atoms with van der Waals surface area (Å²) in [7, 11) is -0.765. The van der Waals surface area contributed by atoms with E-state index in [-0.39, 0.29) is 34.1 Å². The van der Waals surface area contributed by atoms with Gasteiger partial charge in [-0.1, -0.05) is 12.1 Å². The number of hydrogen-bond donors (Lipinski definition) is 1. The highest BCUT2D eigenvalue weighted by Crippen LogP contribution is 2.49. The smallest absolute Gasteiger partial charge is 0.225 e. The number of ether oxygens (including phenoxy) is 3. The third-order valence-electron chi connectivity index (χ3n) is 5.37. The van der Waals surface area contributed by atoms with Crippen molar-refractivity contribution in [3.63, 3.8) is 0 Å². The second-order valence-corrected chi connectivity index (χ2v) is 10.7. The summed E-state index contributed by atoms with van der Waals surface area (Å²) in [5.74, 6) is 1.08. The van der Waals surface area contributed by atoms with Crippen LogP contribution in [0, 0.1) is 0 Å². The van der Waals surface area contributed by atoms with Crippen LogP contribution < -0.4 is 19.5 Å². The van der Waals surface area contributed by atoms with Gasteiger partial charge in [0.05, 0.1) is 30.9 Å². The van der Waals surface area contributed by atoms with Crippen molar-refractivity contribution in [3.8, 4) is 17.2 Å². The maximum absolute atomic E-state index is 13.4. The van der Waals surface area contributed by atoms with Crippen molar-refractivity contribution in [2.45, 2.75) is 42.1 Å². The number of benzene rings is 2. The number of fused-ring (bicyclic) bond motifs is 1. The highest BCUT2D eigenvalue weighted by atomic mass is 32.2. The predicted molar refractivity (Wildman–Crippen MR) is 127 cm³/mol. The van der Waals surface area contributed by atoms with Crippen molar-refractivity contribution < 1.29 is 27.4 Å². The molecule has 1 aromatic heterocycles. The Morgan fingerprint density at radius 1 is 1.06 bits per heavy atom. The molecule has 7 nitrogen and oxygen atoms in total. The third-order valence-corrected chi connectivity index (χ3v) is 8.41. The minimum atomic E-state index is -3.85. The van der Waals surface area contributed by atoms with E-state index < -0.39 is 9.84 Å². The first-order valence-corrected chi connectivity index (χ1v) is 12.8. The number of thiophene rings is 1.